The second kappa shape index (κ2) is 7.21. The van der Waals surface area contributed by atoms with Crippen LogP contribution in [-0.2, 0) is 0 Å². The van der Waals surface area contributed by atoms with Gasteiger partial charge in [0.15, 0.2) is 11.6 Å². The Morgan fingerprint density at radius 2 is 1.83 bits per heavy atom. The maximum absolute atomic E-state index is 6.24. The van der Waals surface area contributed by atoms with Gasteiger partial charge >= 0.3 is 0 Å². The van der Waals surface area contributed by atoms with Gasteiger partial charge in [0.05, 0.1) is 0 Å². The summed E-state index contributed by atoms with van der Waals surface area (Å²) in [5.74, 6) is 1.19. The first-order chi connectivity index (χ1) is 11.5. The first kappa shape index (κ1) is 16.8. The average Bonchev–Trinajstić information content (AvgIpc) is 2.55. The minimum atomic E-state index is 0.491. The molecule has 128 valence electrons. The topological polar surface area (TPSA) is 82.3 Å². The number of hydrogen-bond donors (Lipinski definition) is 3. The number of nitrogen functional groups attached to an aromatic ring is 1. The first-order valence-electron chi connectivity index (χ1n) is 7.87. The van der Waals surface area contributed by atoms with Crippen molar-refractivity contribution in [3.63, 3.8) is 0 Å². The van der Waals surface area contributed by atoms with Crippen molar-refractivity contribution in [3.05, 3.63) is 35.1 Å². The predicted octanol–water partition coefficient (Wildman–Crippen LogP) is 2.34. The van der Waals surface area contributed by atoms with Crippen LogP contribution in [0.25, 0.3) is 0 Å². The molecule has 3 rings (SSSR count). The molecule has 0 atom stereocenters. The Morgan fingerprint density at radius 3 is 2.54 bits per heavy atom. The molecule has 1 aliphatic heterocycles. The molecule has 0 radical (unpaired) electrons. The number of nitrogens with one attached hydrogen (secondary N) is 2. The number of piperazine rings is 1. The Bertz CT molecular complexity index is 714. The van der Waals surface area contributed by atoms with Crippen molar-refractivity contribution in [2.45, 2.75) is 6.92 Å². The number of benzene rings is 1. The van der Waals surface area contributed by atoms with Gasteiger partial charge in [0.1, 0.15) is 12.0 Å². The molecule has 1 aromatic carbocycles. The number of anilines is 4. The average molecular weight is 348 g/mol. The standard InChI is InChI=1S/C16H22ClN7/c1-11-9-12(17)3-4-13(11)21-15-14(18)16(20-10-19-15)22-24-7-5-23(2)6-8-24/h3-4,9-10H,5-8,18H2,1-2H3,(H2,19,20,21,22). The van der Waals surface area contributed by atoms with Crippen molar-refractivity contribution >= 4 is 34.6 Å². The zero-order valence-electron chi connectivity index (χ0n) is 13.9. The first-order valence-corrected chi connectivity index (χ1v) is 8.24. The number of aromatic nitrogens is 2. The van der Waals surface area contributed by atoms with E-state index < -0.39 is 0 Å². The fourth-order valence-electron chi connectivity index (χ4n) is 2.55. The third-order valence-corrected chi connectivity index (χ3v) is 4.33. The Kier molecular flexibility index (Phi) is 5.03. The van der Waals surface area contributed by atoms with E-state index in [1.807, 2.05) is 25.1 Å². The highest BCUT2D eigenvalue weighted by atomic mass is 35.5. The van der Waals surface area contributed by atoms with Gasteiger partial charge in [-0.25, -0.2) is 15.0 Å². The van der Waals surface area contributed by atoms with Gasteiger partial charge in [-0.2, -0.15) is 0 Å². The van der Waals surface area contributed by atoms with Crippen LogP contribution in [0.5, 0.6) is 0 Å². The van der Waals surface area contributed by atoms with Gasteiger partial charge in [-0.05, 0) is 37.7 Å². The number of hydrogen-bond acceptors (Lipinski definition) is 7. The molecule has 1 saturated heterocycles. The van der Waals surface area contributed by atoms with Gasteiger partial charge in [-0.3, -0.25) is 0 Å². The molecule has 0 bridgehead atoms. The Balaban J connectivity index is 1.75. The van der Waals surface area contributed by atoms with E-state index in [4.69, 9.17) is 17.3 Å². The van der Waals surface area contributed by atoms with Gasteiger partial charge in [-0.15, -0.1) is 0 Å². The molecule has 2 aromatic rings. The number of aryl methyl sites for hydroxylation is 1. The summed E-state index contributed by atoms with van der Waals surface area (Å²) in [5.41, 5.74) is 12.0. The molecular weight excluding hydrogens is 326 g/mol. The van der Waals surface area contributed by atoms with Gasteiger partial charge in [-0.1, -0.05) is 11.6 Å². The van der Waals surface area contributed by atoms with Crippen LogP contribution in [-0.4, -0.2) is 53.1 Å². The zero-order chi connectivity index (χ0) is 17.1. The van der Waals surface area contributed by atoms with Gasteiger partial charge in [0, 0.05) is 36.9 Å². The van der Waals surface area contributed by atoms with E-state index >= 15 is 0 Å². The summed E-state index contributed by atoms with van der Waals surface area (Å²) in [7, 11) is 2.12. The van der Waals surface area contributed by atoms with Crippen LogP contribution >= 0.6 is 11.6 Å². The van der Waals surface area contributed by atoms with E-state index in [0.29, 0.717) is 22.3 Å². The smallest absolute Gasteiger partial charge is 0.169 e. The molecule has 1 fully saturated rings. The van der Waals surface area contributed by atoms with Crippen LogP contribution in [0.1, 0.15) is 5.56 Å². The Hall–Kier alpha value is -2.09. The summed E-state index contributed by atoms with van der Waals surface area (Å²) in [5, 5.41) is 6.07. The minimum absolute atomic E-state index is 0.491. The summed E-state index contributed by atoms with van der Waals surface area (Å²) in [6.07, 6.45) is 1.50. The molecule has 1 aliphatic rings. The zero-order valence-corrected chi connectivity index (χ0v) is 14.6. The van der Waals surface area contributed by atoms with Crippen molar-refractivity contribution in [2.24, 2.45) is 0 Å². The molecule has 24 heavy (non-hydrogen) atoms. The lowest BCUT2D eigenvalue weighted by Gasteiger charge is -2.33. The second-order valence-corrected chi connectivity index (χ2v) is 6.41. The highest BCUT2D eigenvalue weighted by Gasteiger charge is 2.16. The molecule has 1 aromatic heterocycles. The highest BCUT2D eigenvalue weighted by molar-refractivity contribution is 6.30. The van der Waals surface area contributed by atoms with E-state index in [1.54, 1.807) is 0 Å². The molecule has 8 heteroatoms. The van der Waals surface area contributed by atoms with Crippen molar-refractivity contribution in [2.75, 3.05) is 49.7 Å². The maximum atomic E-state index is 6.24. The quantitative estimate of drug-likeness (QED) is 0.783. The molecule has 4 N–H and O–H groups in total. The predicted molar refractivity (Wildman–Crippen MR) is 98.6 cm³/mol. The van der Waals surface area contributed by atoms with E-state index in [2.05, 4.69) is 37.7 Å². The number of halogens is 1. The number of nitrogens with two attached hydrogens (primary N) is 1. The maximum Gasteiger partial charge on any atom is 0.169 e. The van der Waals surface area contributed by atoms with E-state index in [0.717, 1.165) is 37.4 Å². The van der Waals surface area contributed by atoms with Crippen LogP contribution in [0.2, 0.25) is 5.02 Å². The number of nitrogens with zero attached hydrogens (tertiary/aromatic N) is 4. The summed E-state index contributed by atoms with van der Waals surface area (Å²) < 4.78 is 0. The fourth-order valence-corrected chi connectivity index (χ4v) is 2.77. The summed E-state index contributed by atoms with van der Waals surface area (Å²) >= 11 is 6.00. The van der Waals surface area contributed by atoms with Crippen LogP contribution in [0.4, 0.5) is 23.0 Å². The normalized spacial score (nSPS) is 16.1. The summed E-state index contributed by atoms with van der Waals surface area (Å²) in [6.45, 7) is 5.83. The SMILES string of the molecule is Cc1cc(Cl)ccc1Nc1ncnc(NN2CCN(C)CC2)c1N. The van der Waals surface area contributed by atoms with E-state index in [1.165, 1.54) is 6.33 Å². The molecule has 2 heterocycles. The third kappa shape index (κ3) is 3.87. The van der Waals surface area contributed by atoms with E-state index in [9.17, 15) is 0 Å². The lowest BCUT2D eigenvalue weighted by molar-refractivity contribution is 0.178. The molecular formula is C16H22ClN7. The van der Waals surface area contributed by atoms with Crippen LogP contribution in [0.15, 0.2) is 24.5 Å². The van der Waals surface area contributed by atoms with Gasteiger partial charge in [0.25, 0.3) is 0 Å². The number of rotatable bonds is 4. The van der Waals surface area contributed by atoms with Gasteiger partial charge < -0.3 is 21.4 Å². The molecule has 7 nitrogen and oxygen atoms in total. The highest BCUT2D eigenvalue weighted by Crippen LogP contribution is 2.28. The van der Waals surface area contributed by atoms with Crippen LogP contribution < -0.4 is 16.5 Å². The molecule has 0 aliphatic carbocycles. The van der Waals surface area contributed by atoms with Crippen molar-refractivity contribution < 1.29 is 0 Å². The van der Waals surface area contributed by atoms with Crippen molar-refractivity contribution in [1.29, 1.82) is 0 Å². The van der Waals surface area contributed by atoms with Crippen LogP contribution in [0, 0.1) is 6.92 Å². The largest absolute Gasteiger partial charge is 0.393 e. The summed E-state index contributed by atoms with van der Waals surface area (Å²) in [6, 6.07) is 5.63. The van der Waals surface area contributed by atoms with Crippen molar-refractivity contribution in [1.82, 2.24) is 19.9 Å². The fraction of sp³-hybridized carbons (Fsp3) is 0.375. The van der Waals surface area contributed by atoms with E-state index in [-0.39, 0.29) is 0 Å². The van der Waals surface area contributed by atoms with Crippen molar-refractivity contribution in [3.8, 4) is 0 Å². The molecule has 0 amide bonds. The molecule has 0 spiro atoms. The minimum Gasteiger partial charge on any atom is -0.393 e. The monoisotopic (exact) mass is 347 g/mol. The van der Waals surface area contributed by atoms with Crippen LogP contribution in [0.3, 0.4) is 0 Å². The summed E-state index contributed by atoms with van der Waals surface area (Å²) in [4.78, 5) is 10.8. The number of likely N-dealkylation sites (N-methyl/N-ethyl adjacent to an activating group) is 1. The van der Waals surface area contributed by atoms with Gasteiger partial charge in [0.2, 0.25) is 0 Å². The molecule has 0 unspecified atom stereocenters. The molecule has 0 saturated carbocycles. The lowest BCUT2D eigenvalue weighted by atomic mass is 10.2. The Labute approximate surface area is 146 Å². The lowest BCUT2D eigenvalue weighted by Crippen LogP contribution is -2.47. The second-order valence-electron chi connectivity index (χ2n) is 5.97. The number of hydrazine groups is 1. The third-order valence-electron chi connectivity index (χ3n) is 4.09. The Morgan fingerprint density at radius 1 is 1.12 bits per heavy atom.